The molecule has 0 aromatic heterocycles. The number of esters is 1. The molecule has 29 heavy (non-hydrogen) atoms. The van der Waals surface area contributed by atoms with Gasteiger partial charge in [0.2, 0.25) is 5.91 Å². The average molecular weight is 482 g/mol. The van der Waals surface area contributed by atoms with Gasteiger partial charge in [0.1, 0.15) is 0 Å². The summed E-state index contributed by atoms with van der Waals surface area (Å²) in [6, 6.07) is 10.8. The average Bonchev–Trinajstić information content (AvgIpc) is 2.66. The maximum Gasteiger partial charge on any atom is 0.306 e. The van der Waals surface area contributed by atoms with Gasteiger partial charge in [-0.2, -0.15) is 0 Å². The Kier molecular flexibility index (Phi) is 8.67. The van der Waals surface area contributed by atoms with Crippen LogP contribution in [0.3, 0.4) is 0 Å². The smallest absolute Gasteiger partial charge is 0.306 e. The lowest BCUT2D eigenvalue weighted by molar-refractivity contribution is -0.147. The lowest BCUT2D eigenvalue weighted by Gasteiger charge is -2.09. The predicted octanol–water partition coefficient (Wildman–Crippen LogP) is 5.01. The van der Waals surface area contributed by atoms with Crippen molar-refractivity contribution in [3.63, 3.8) is 0 Å². The molecule has 0 fully saturated rings. The second-order valence-corrected chi connectivity index (χ2v) is 7.82. The van der Waals surface area contributed by atoms with Crippen LogP contribution in [0.2, 0.25) is 5.02 Å². The fourth-order valence-electron chi connectivity index (χ4n) is 2.47. The second-order valence-electron chi connectivity index (χ2n) is 6.56. The molecule has 154 valence electrons. The highest BCUT2D eigenvalue weighted by atomic mass is 79.9. The minimum atomic E-state index is -0.534. The van der Waals surface area contributed by atoms with Crippen molar-refractivity contribution in [3.05, 3.63) is 57.0 Å². The molecule has 2 rings (SSSR count). The Balaban J connectivity index is 1.67. The third-order valence-electron chi connectivity index (χ3n) is 4.02. The monoisotopic (exact) mass is 480 g/mol. The first-order valence-corrected chi connectivity index (χ1v) is 10.2. The first-order valence-electron chi connectivity index (χ1n) is 9.02. The van der Waals surface area contributed by atoms with E-state index in [0.717, 1.165) is 16.8 Å². The summed E-state index contributed by atoms with van der Waals surface area (Å²) in [5.41, 5.74) is 3.30. The van der Waals surface area contributed by atoms with E-state index in [0.29, 0.717) is 21.6 Å². The maximum absolute atomic E-state index is 12.0. The molecule has 8 heteroatoms. The van der Waals surface area contributed by atoms with Crippen LogP contribution < -0.4 is 10.6 Å². The van der Waals surface area contributed by atoms with Crippen molar-refractivity contribution in [3.8, 4) is 0 Å². The highest BCUT2D eigenvalue weighted by molar-refractivity contribution is 9.10. The molecule has 0 saturated heterocycles. The van der Waals surface area contributed by atoms with Gasteiger partial charge < -0.3 is 15.4 Å². The van der Waals surface area contributed by atoms with Gasteiger partial charge in [0, 0.05) is 28.7 Å². The molecule has 0 heterocycles. The SMILES string of the molecule is Cc1ccc(C)c(NC(=O)CCCC(=O)OCC(=O)Nc2ccc(Br)c(Cl)c2)c1. The Morgan fingerprint density at radius 2 is 1.76 bits per heavy atom. The summed E-state index contributed by atoms with van der Waals surface area (Å²) in [4.78, 5) is 35.7. The molecular formula is C21H22BrClN2O4. The van der Waals surface area contributed by atoms with E-state index in [2.05, 4.69) is 26.6 Å². The van der Waals surface area contributed by atoms with E-state index in [4.69, 9.17) is 16.3 Å². The van der Waals surface area contributed by atoms with Gasteiger partial charge in [-0.25, -0.2) is 0 Å². The molecule has 0 atom stereocenters. The van der Waals surface area contributed by atoms with Crippen molar-refractivity contribution in [2.24, 2.45) is 0 Å². The molecule has 0 aliphatic rings. The normalized spacial score (nSPS) is 10.3. The number of hydrogen-bond acceptors (Lipinski definition) is 4. The topological polar surface area (TPSA) is 84.5 Å². The van der Waals surface area contributed by atoms with Crippen molar-refractivity contribution < 1.29 is 19.1 Å². The van der Waals surface area contributed by atoms with E-state index in [1.54, 1.807) is 18.2 Å². The van der Waals surface area contributed by atoms with Crippen LogP contribution in [-0.4, -0.2) is 24.4 Å². The molecular weight excluding hydrogens is 460 g/mol. The number of amides is 2. The highest BCUT2D eigenvalue weighted by Crippen LogP contribution is 2.25. The summed E-state index contributed by atoms with van der Waals surface area (Å²) in [5, 5.41) is 5.89. The molecule has 6 nitrogen and oxygen atoms in total. The van der Waals surface area contributed by atoms with Crippen molar-refractivity contribution in [1.29, 1.82) is 0 Å². The fraction of sp³-hybridized carbons (Fsp3) is 0.286. The van der Waals surface area contributed by atoms with Gasteiger partial charge in [0.15, 0.2) is 6.61 Å². The minimum absolute atomic E-state index is 0.0532. The summed E-state index contributed by atoms with van der Waals surface area (Å²) >= 11 is 9.22. The summed E-state index contributed by atoms with van der Waals surface area (Å²) in [7, 11) is 0. The molecule has 2 amide bonds. The first kappa shape index (κ1) is 22.9. The van der Waals surface area contributed by atoms with Gasteiger partial charge in [-0.1, -0.05) is 23.7 Å². The van der Waals surface area contributed by atoms with Gasteiger partial charge >= 0.3 is 5.97 Å². The number of ether oxygens (including phenoxy) is 1. The van der Waals surface area contributed by atoms with Crippen LogP contribution in [0.25, 0.3) is 0 Å². The molecule has 2 aromatic rings. The van der Waals surface area contributed by atoms with E-state index >= 15 is 0 Å². The molecule has 0 radical (unpaired) electrons. The Morgan fingerprint density at radius 1 is 1.00 bits per heavy atom. The van der Waals surface area contributed by atoms with Gasteiger partial charge in [0.05, 0.1) is 5.02 Å². The number of anilines is 2. The number of halogens is 2. The van der Waals surface area contributed by atoms with Crippen LogP contribution in [-0.2, 0) is 19.1 Å². The zero-order chi connectivity index (χ0) is 21.4. The summed E-state index contributed by atoms with van der Waals surface area (Å²) in [5.74, 6) is -1.17. The number of nitrogens with one attached hydrogen (secondary N) is 2. The largest absolute Gasteiger partial charge is 0.456 e. The zero-order valence-electron chi connectivity index (χ0n) is 16.2. The summed E-state index contributed by atoms with van der Waals surface area (Å²) < 4.78 is 5.65. The van der Waals surface area contributed by atoms with Gasteiger partial charge in [0.25, 0.3) is 5.91 Å². The fourth-order valence-corrected chi connectivity index (χ4v) is 2.89. The van der Waals surface area contributed by atoms with E-state index in [1.807, 2.05) is 32.0 Å². The number of carbonyl (C=O) groups excluding carboxylic acids is 3. The number of rotatable bonds is 8. The number of hydrogen-bond donors (Lipinski definition) is 2. The summed E-state index contributed by atoms with van der Waals surface area (Å²) in [6.45, 7) is 3.47. The highest BCUT2D eigenvalue weighted by Gasteiger charge is 2.11. The van der Waals surface area contributed by atoms with Crippen LogP contribution in [0.1, 0.15) is 30.4 Å². The quantitative estimate of drug-likeness (QED) is 0.519. The van der Waals surface area contributed by atoms with Crippen LogP contribution in [0.5, 0.6) is 0 Å². The maximum atomic E-state index is 12.0. The first-order chi connectivity index (χ1) is 13.7. The Bertz CT molecular complexity index is 918. The van der Waals surface area contributed by atoms with Crippen molar-refractivity contribution in [2.75, 3.05) is 17.2 Å². The molecule has 2 N–H and O–H groups in total. The number of aryl methyl sites for hydroxylation is 2. The van der Waals surface area contributed by atoms with Gasteiger partial charge in [-0.3, -0.25) is 14.4 Å². The minimum Gasteiger partial charge on any atom is -0.456 e. The number of benzene rings is 2. The molecule has 0 aliphatic carbocycles. The Hall–Kier alpha value is -2.38. The Morgan fingerprint density at radius 3 is 2.48 bits per heavy atom. The Labute approximate surface area is 183 Å². The van der Waals surface area contributed by atoms with Crippen molar-refractivity contribution in [1.82, 2.24) is 0 Å². The van der Waals surface area contributed by atoms with Gasteiger partial charge in [-0.05, 0) is 71.6 Å². The van der Waals surface area contributed by atoms with Crippen LogP contribution >= 0.6 is 27.5 Å². The standard InChI is InChI=1S/C21H22BrClN2O4/c1-13-6-7-14(2)18(10-13)25-19(26)4-3-5-21(28)29-12-20(27)24-15-8-9-16(22)17(23)11-15/h6-11H,3-5,12H2,1-2H3,(H,24,27)(H,25,26). The van der Waals surface area contributed by atoms with Crippen molar-refractivity contribution in [2.45, 2.75) is 33.1 Å². The van der Waals surface area contributed by atoms with E-state index < -0.39 is 18.5 Å². The lowest BCUT2D eigenvalue weighted by Crippen LogP contribution is -2.21. The van der Waals surface area contributed by atoms with Gasteiger partial charge in [-0.15, -0.1) is 0 Å². The number of carbonyl (C=O) groups is 3. The molecule has 2 aromatic carbocycles. The van der Waals surface area contributed by atoms with E-state index in [-0.39, 0.29) is 18.7 Å². The third-order valence-corrected chi connectivity index (χ3v) is 5.25. The predicted molar refractivity (Wildman–Crippen MR) is 117 cm³/mol. The third kappa shape index (κ3) is 7.87. The second kappa shape index (κ2) is 11.0. The van der Waals surface area contributed by atoms with E-state index in [9.17, 15) is 14.4 Å². The molecule has 0 spiro atoms. The van der Waals surface area contributed by atoms with Crippen LogP contribution in [0.4, 0.5) is 11.4 Å². The summed E-state index contributed by atoms with van der Waals surface area (Å²) in [6.07, 6.45) is 0.573. The molecule has 0 bridgehead atoms. The van der Waals surface area contributed by atoms with Crippen molar-refractivity contribution >= 4 is 56.7 Å². The van der Waals surface area contributed by atoms with Crippen LogP contribution in [0.15, 0.2) is 40.9 Å². The lowest BCUT2D eigenvalue weighted by atomic mass is 10.1. The molecule has 0 aliphatic heterocycles. The molecule has 0 saturated carbocycles. The van der Waals surface area contributed by atoms with Crippen LogP contribution in [0, 0.1) is 13.8 Å². The van der Waals surface area contributed by atoms with E-state index in [1.165, 1.54) is 0 Å². The zero-order valence-corrected chi connectivity index (χ0v) is 18.5. The molecule has 0 unspecified atom stereocenters.